The molecular weight excluding hydrogens is 366 g/mol. The van der Waals surface area contributed by atoms with Gasteiger partial charge >= 0.3 is 0 Å². The fourth-order valence-electron chi connectivity index (χ4n) is 3.15. The quantitative estimate of drug-likeness (QED) is 0.505. The second-order valence-electron chi connectivity index (χ2n) is 6.94. The third-order valence-corrected chi connectivity index (χ3v) is 4.66. The van der Waals surface area contributed by atoms with Crippen molar-refractivity contribution in [1.82, 2.24) is 4.90 Å². The van der Waals surface area contributed by atoms with Crippen LogP contribution in [-0.2, 0) is 4.79 Å². The van der Waals surface area contributed by atoms with Crippen LogP contribution in [0.4, 0.5) is 0 Å². The summed E-state index contributed by atoms with van der Waals surface area (Å²) >= 11 is 0. The first-order chi connectivity index (χ1) is 13.9. The number of carbonyl (C=O) groups is 1. The monoisotopic (exact) mass is 393 g/mol. The number of allylic oxidation sites excluding steroid dienone is 1. The average Bonchev–Trinajstić information content (AvgIpc) is 3.11. The summed E-state index contributed by atoms with van der Waals surface area (Å²) in [5.74, 6) is 1.47. The van der Waals surface area contributed by atoms with Gasteiger partial charge in [0.15, 0.2) is 0 Å². The molecule has 0 aliphatic carbocycles. The summed E-state index contributed by atoms with van der Waals surface area (Å²) in [5.41, 5.74) is 4.48. The molecule has 0 aliphatic heterocycles. The standard InChI is InChI=1S/C24H27NO4/c1-6-27-18-10-8-17(9-11-18)21-15-29-23-14-22(28-7-2)19(13-20(21)23)16(3)12-24(26)25(4)5/h8-15H,6-7H2,1-5H3/b16-12+. The Labute approximate surface area is 171 Å². The summed E-state index contributed by atoms with van der Waals surface area (Å²) in [7, 11) is 3.47. The maximum Gasteiger partial charge on any atom is 0.246 e. The number of fused-ring (bicyclic) bond motifs is 1. The van der Waals surface area contributed by atoms with E-state index < -0.39 is 0 Å². The summed E-state index contributed by atoms with van der Waals surface area (Å²) in [4.78, 5) is 13.7. The van der Waals surface area contributed by atoms with E-state index in [0.717, 1.165) is 39.0 Å². The highest BCUT2D eigenvalue weighted by molar-refractivity contribution is 6.00. The van der Waals surface area contributed by atoms with Gasteiger partial charge in [-0.15, -0.1) is 0 Å². The second kappa shape index (κ2) is 8.86. The van der Waals surface area contributed by atoms with E-state index in [9.17, 15) is 4.79 Å². The van der Waals surface area contributed by atoms with Gasteiger partial charge in [-0.05, 0) is 50.1 Å². The van der Waals surface area contributed by atoms with Crippen molar-refractivity contribution in [3.05, 3.63) is 54.3 Å². The molecule has 0 atom stereocenters. The summed E-state index contributed by atoms with van der Waals surface area (Å²) in [6.45, 7) is 6.98. The van der Waals surface area contributed by atoms with Crippen molar-refractivity contribution < 1.29 is 18.7 Å². The molecule has 2 aromatic carbocycles. The third-order valence-electron chi connectivity index (χ3n) is 4.66. The Kier molecular flexibility index (Phi) is 6.27. The maximum absolute atomic E-state index is 12.2. The van der Waals surface area contributed by atoms with Crippen molar-refractivity contribution >= 4 is 22.4 Å². The van der Waals surface area contributed by atoms with Gasteiger partial charge < -0.3 is 18.8 Å². The summed E-state index contributed by atoms with van der Waals surface area (Å²) < 4.78 is 17.2. The van der Waals surface area contributed by atoms with Crippen LogP contribution in [0, 0.1) is 0 Å². The first kappa shape index (κ1) is 20.5. The summed E-state index contributed by atoms with van der Waals surface area (Å²) in [6.07, 6.45) is 3.38. The number of likely N-dealkylation sites (N-methyl/N-ethyl adjacent to an activating group) is 1. The van der Waals surface area contributed by atoms with E-state index in [4.69, 9.17) is 13.9 Å². The minimum Gasteiger partial charge on any atom is -0.494 e. The van der Waals surface area contributed by atoms with Crippen LogP contribution in [0.15, 0.2) is 53.2 Å². The van der Waals surface area contributed by atoms with Crippen LogP contribution in [0.25, 0.3) is 27.7 Å². The van der Waals surface area contributed by atoms with Gasteiger partial charge in [0.25, 0.3) is 0 Å². The van der Waals surface area contributed by atoms with Crippen LogP contribution in [0.1, 0.15) is 26.3 Å². The van der Waals surface area contributed by atoms with Crippen LogP contribution in [0.5, 0.6) is 11.5 Å². The highest BCUT2D eigenvalue weighted by atomic mass is 16.5. The molecule has 1 heterocycles. The van der Waals surface area contributed by atoms with Crippen molar-refractivity contribution in [1.29, 1.82) is 0 Å². The molecule has 1 amide bonds. The van der Waals surface area contributed by atoms with Crippen molar-refractivity contribution in [2.24, 2.45) is 0 Å². The number of ether oxygens (including phenoxy) is 2. The Morgan fingerprint density at radius 3 is 2.38 bits per heavy atom. The third kappa shape index (κ3) is 4.45. The van der Waals surface area contributed by atoms with Gasteiger partial charge in [0.05, 0.1) is 19.5 Å². The van der Waals surface area contributed by atoms with E-state index in [2.05, 4.69) is 0 Å². The van der Waals surface area contributed by atoms with Gasteiger partial charge in [0.1, 0.15) is 17.1 Å². The van der Waals surface area contributed by atoms with Gasteiger partial charge in [-0.1, -0.05) is 12.1 Å². The molecule has 5 nitrogen and oxygen atoms in total. The zero-order valence-electron chi connectivity index (χ0n) is 17.6. The van der Waals surface area contributed by atoms with Crippen LogP contribution >= 0.6 is 0 Å². The fourth-order valence-corrected chi connectivity index (χ4v) is 3.15. The molecule has 0 radical (unpaired) electrons. The van der Waals surface area contributed by atoms with E-state index in [1.165, 1.54) is 0 Å². The fraction of sp³-hybridized carbons (Fsp3) is 0.292. The van der Waals surface area contributed by atoms with E-state index >= 15 is 0 Å². The zero-order valence-corrected chi connectivity index (χ0v) is 17.6. The van der Waals surface area contributed by atoms with Crippen molar-refractivity contribution in [3.8, 4) is 22.6 Å². The van der Waals surface area contributed by atoms with Gasteiger partial charge in [0.2, 0.25) is 5.91 Å². The largest absolute Gasteiger partial charge is 0.494 e. The molecule has 152 valence electrons. The molecule has 0 fully saturated rings. The average molecular weight is 393 g/mol. The molecule has 0 bridgehead atoms. The number of benzene rings is 2. The minimum absolute atomic E-state index is 0.0658. The summed E-state index contributed by atoms with van der Waals surface area (Å²) in [5, 5.41) is 0.970. The zero-order chi connectivity index (χ0) is 21.0. The van der Waals surface area contributed by atoms with Gasteiger partial charge in [-0.2, -0.15) is 0 Å². The van der Waals surface area contributed by atoms with Gasteiger partial charge in [-0.3, -0.25) is 4.79 Å². The minimum atomic E-state index is -0.0658. The van der Waals surface area contributed by atoms with Gasteiger partial charge in [-0.25, -0.2) is 0 Å². The topological polar surface area (TPSA) is 51.9 Å². The molecule has 1 aromatic heterocycles. The predicted octanol–water partition coefficient (Wildman–Crippen LogP) is 5.39. The van der Waals surface area contributed by atoms with Crippen LogP contribution < -0.4 is 9.47 Å². The molecule has 0 unspecified atom stereocenters. The molecule has 0 spiro atoms. The molecule has 0 aliphatic rings. The van der Waals surface area contributed by atoms with Crippen LogP contribution in [-0.4, -0.2) is 38.1 Å². The maximum atomic E-state index is 12.2. The lowest BCUT2D eigenvalue weighted by Gasteiger charge is -2.13. The number of rotatable bonds is 7. The first-order valence-corrected chi connectivity index (χ1v) is 9.75. The Morgan fingerprint density at radius 1 is 1.07 bits per heavy atom. The van der Waals surface area contributed by atoms with E-state index in [1.807, 2.05) is 57.2 Å². The number of furan rings is 1. The molecule has 0 saturated heterocycles. The lowest BCUT2D eigenvalue weighted by molar-refractivity contribution is -0.123. The van der Waals surface area contributed by atoms with E-state index in [0.29, 0.717) is 19.0 Å². The Balaban J connectivity index is 2.10. The van der Waals surface area contributed by atoms with E-state index in [-0.39, 0.29) is 5.91 Å². The molecule has 29 heavy (non-hydrogen) atoms. The molecular formula is C24H27NO4. The number of hydrogen-bond acceptors (Lipinski definition) is 4. The lowest BCUT2D eigenvalue weighted by Crippen LogP contribution is -2.19. The van der Waals surface area contributed by atoms with Crippen molar-refractivity contribution in [2.75, 3.05) is 27.3 Å². The SMILES string of the molecule is CCOc1ccc(-c2coc3cc(OCC)c(/C(C)=C/C(=O)N(C)C)cc23)cc1. The molecule has 0 saturated carbocycles. The number of nitrogens with zero attached hydrogens (tertiary/aromatic N) is 1. The number of carbonyl (C=O) groups excluding carboxylic acids is 1. The highest BCUT2D eigenvalue weighted by Gasteiger charge is 2.15. The second-order valence-corrected chi connectivity index (χ2v) is 6.94. The van der Waals surface area contributed by atoms with Crippen molar-refractivity contribution in [3.63, 3.8) is 0 Å². The predicted molar refractivity (Wildman–Crippen MR) is 116 cm³/mol. The van der Waals surface area contributed by atoms with Crippen LogP contribution in [0.3, 0.4) is 0 Å². The van der Waals surface area contributed by atoms with Crippen molar-refractivity contribution in [2.45, 2.75) is 20.8 Å². The number of hydrogen-bond donors (Lipinski definition) is 0. The van der Waals surface area contributed by atoms with E-state index in [1.54, 1.807) is 31.3 Å². The highest BCUT2D eigenvalue weighted by Crippen LogP contribution is 2.38. The Morgan fingerprint density at radius 2 is 1.76 bits per heavy atom. The Bertz CT molecular complexity index is 1030. The molecule has 0 N–H and O–H groups in total. The first-order valence-electron chi connectivity index (χ1n) is 9.75. The molecule has 3 rings (SSSR count). The summed E-state index contributed by atoms with van der Waals surface area (Å²) in [6, 6.07) is 11.9. The normalized spacial score (nSPS) is 11.6. The smallest absolute Gasteiger partial charge is 0.246 e. The lowest BCUT2D eigenvalue weighted by atomic mass is 9.99. The van der Waals surface area contributed by atoms with Gasteiger partial charge in [0, 0.05) is 42.8 Å². The Hall–Kier alpha value is -3.21. The van der Waals surface area contributed by atoms with Crippen LogP contribution in [0.2, 0.25) is 0 Å². The molecule has 5 heteroatoms. The number of amides is 1. The molecule has 3 aromatic rings.